The first-order valence-corrected chi connectivity index (χ1v) is 7.48. The summed E-state index contributed by atoms with van der Waals surface area (Å²) < 4.78 is 5.51. The second-order valence-corrected chi connectivity index (χ2v) is 5.98. The lowest BCUT2D eigenvalue weighted by molar-refractivity contribution is -0.158. The highest BCUT2D eigenvalue weighted by Gasteiger charge is 2.40. The molecule has 0 saturated carbocycles. The predicted octanol–water partition coefficient (Wildman–Crippen LogP) is 3.14. The maximum absolute atomic E-state index is 12.3. The van der Waals surface area contributed by atoms with Crippen molar-refractivity contribution in [2.24, 2.45) is 11.3 Å². The normalized spacial score (nSPS) is 24.2. The van der Waals surface area contributed by atoms with E-state index in [-0.39, 0.29) is 11.4 Å². The van der Waals surface area contributed by atoms with Gasteiger partial charge < -0.3 is 10.1 Å². The van der Waals surface area contributed by atoms with E-state index in [9.17, 15) is 4.79 Å². The van der Waals surface area contributed by atoms with Gasteiger partial charge in [-0.1, -0.05) is 27.2 Å². The van der Waals surface area contributed by atoms with Gasteiger partial charge >= 0.3 is 5.97 Å². The summed E-state index contributed by atoms with van der Waals surface area (Å²) >= 11 is 0. The molecule has 0 aromatic carbocycles. The first kappa shape index (κ1) is 15.5. The predicted molar refractivity (Wildman–Crippen MR) is 74.5 cm³/mol. The first-order chi connectivity index (χ1) is 8.60. The quantitative estimate of drug-likeness (QED) is 0.561. The summed E-state index contributed by atoms with van der Waals surface area (Å²) in [6.45, 7) is 8.96. The van der Waals surface area contributed by atoms with Crippen molar-refractivity contribution in [2.45, 2.75) is 59.3 Å². The third-order valence-electron chi connectivity index (χ3n) is 3.79. The Bertz CT molecular complexity index is 239. The summed E-state index contributed by atoms with van der Waals surface area (Å²) in [7, 11) is 0. The van der Waals surface area contributed by atoms with Crippen LogP contribution in [0.1, 0.15) is 59.3 Å². The van der Waals surface area contributed by atoms with Gasteiger partial charge in [0.25, 0.3) is 0 Å². The molecule has 0 aromatic heterocycles. The van der Waals surface area contributed by atoms with Crippen LogP contribution < -0.4 is 5.32 Å². The van der Waals surface area contributed by atoms with Gasteiger partial charge in [-0.25, -0.2) is 0 Å². The molecule has 1 heterocycles. The van der Waals surface area contributed by atoms with Crippen LogP contribution in [0, 0.1) is 11.3 Å². The largest absolute Gasteiger partial charge is 0.465 e. The SMILES string of the molecule is CCCC1(C(=O)OCCCC(C)C)CCCNC1. The lowest BCUT2D eigenvalue weighted by Gasteiger charge is -2.35. The molecule has 0 radical (unpaired) electrons. The summed E-state index contributed by atoms with van der Waals surface area (Å²) in [5.74, 6) is 0.713. The van der Waals surface area contributed by atoms with Gasteiger partial charge in [-0.2, -0.15) is 0 Å². The van der Waals surface area contributed by atoms with Crippen LogP contribution in [0.3, 0.4) is 0 Å². The summed E-state index contributed by atoms with van der Waals surface area (Å²) in [6, 6.07) is 0. The average Bonchev–Trinajstić information content (AvgIpc) is 2.35. The van der Waals surface area contributed by atoms with Crippen molar-refractivity contribution >= 4 is 5.97 Å². The standard InChI is InChI=1S/C15H29NO2/c1-4-8-15(9-6-10-16-12-15)14(17)18-11-5-7-13(2)3/h13,16H,4-12H2,1-3H3. The van der Waals surface area contributed by atoms with E-state index in [1.807, 2.05) is 0 Å². The number of carbonyl (C=O) groups is 1. The summed E-state index contributed by atoms with van der Waals surface area (Å²) in [6.07, 6.45) is 6.18. The molecule has 1 N–H and O–H groups in total. The van der Waals surface area contributed by atoms with Gasteiger partial charge in [-0.3, -0.25) is 4.79 Å². The van der Waals surface area contributed by atoms with Crippen molar-refractivity contribution < 1.29 is 9.53 Å². The molecular formula is C15H29NO2. The van der Waals surface area contributed by atoms with Crippen molar-refractivity contribution in [3.8, 4) is 0 Å². The molecule has 18 heavy (non-hydrogen) atoms. The molecule has 1 aliphatic heterocycles. The van der Waals surface area contributed by atoms with E-state index < -0.39 is 0 Å². The smallest absolute Gasteiger partial charge is 0.313 e. The van der Waals surface area contributed by atoms with Crippen LogP contribution in [0.2, 0.25) is 0 Å². The number of ether oxygens (including phenoxy) is 1. The highest BCUT2D eigenvalue weighted by Crippen LogP contribution is 2.33. The number of rotatable bonds is 7. The molecule has 1 unspecified atom stereocenters. The van der Waals surface area contributed by atoms with Crippen LogP contribution in [0.15, 0.2) is 0 Å². The topological polar surface area (TPSA) is 38.3 Å². The highest BCUT2D eigenvalue weighted by molar-refractivity contribution is 5.77. The fourth-order valence-electron chi connectivity index (χ4n) is 2.75. The Balaban J connectivity index is 2.39. The number of hydrogen-bond donors (Lipinski definition) is 1. The molecular weight excluding hydrogens is 226 g/mol. The Labute approximate surface area is 112 Å². The zero-order valence-corrected chi connectivity index (χ0v) is 12.3. The molecule has 1 rings (SSSR count). The molecule has 1 atom stereocenters. The van der Waals surface area contributed by atoms with E-state index in [0.29, 0.717) is 12.5 Å². The van der Waals surface area contributed by atoms with E-state index >= 15 is 0 Å². The fourth-order valence-corrected chi connectivity index (χ4v) is 2.75. The molecule has 1 fully saturated rings. The first-order valence-electron chi connectivity index (χ1n) is 7.48. The molecule has 1 aliphatic rings. The van der Waals surface area contributed by atoms with Gasteiger partial charge in [0, 0.05) is 6.54 Å². The Kier molecular flexibility index (Phi) is 6.69. The summed E-state index contributed by atoms with van der Waals surface area (Å²) in [4.78, 5) is 12.3. The van der Waals surface area contributed by atoms with E-state index in [1.165, 1.54) is 0 Å². The lowest BCUT2D eigenvalue weighted by atomic mass is 9.77. The van der Waals surface area contributed by atoms with Crippen LogP contribution >= 0.6 is 0 Å². The van der Waals surface area contributed by atoms with Crippen LogP contribution in [0.5, 0.6) is 0 Å². The van der Waals surface area contributed by atoms with Gasteiger partial charge in [0.1, 0.15) is 0 Å². The zero-order valence-electron chi connectivity index (χ0n) is 12.3. The monoisotopic (exact) mass is 255 g/mol. The number of carbonyl (C=O) groups excluding carboxylic acids is 1. The van der Waals surface area contributed by atoms with E-state index in [0.717, 1.165) is 51.6 Å². The van der Waals surface area contributed by atoms with Crippen LogP contribution in [0.4, 0.5) is 0 Å². The molecule has 0 amide bonds. The average molecular weight is 255 g/mol. The van der Waals surface area contributed by atoms with Crippen molar-refractivity contribution in [3.05, 3.63) is 0 Å². The molecule has 3 heteroatoms. The molecule has 3 nitrogen and oxygen atoms in total. The number of esters is 1. The van der Waals surface area contributed by atoms with Crippen molar-refractivity contribution in [3.63, 3.8) is 0 Å². The van der Waals surface area contributed by atoms with Gasteiger partial charge in [-0.15, -0.1) is 0 Å². The van der Waals surface area contributed by atoms with Crippen LogP contribution in [-0.2, 0) is 9.53 Å². The Morgan fingerprint density at radius 1 is 1.44 bits per heavy atom. The molecule has 0 spiro atoms. The van der Waals surface area contributed by atoms with Gasteiger partial charge in [0.05, 0.1) is 12.0 Å². The highest BCUT2D eigenvalue weighted by atomic mass is 16.5. The second-order valence-electron chi connectivity index (χ2n) is 5.98. The minimum atomic E-state index is -0.245. The van der Waals surface area contributed by atoms with Crippen LogP contribution in [0.25, 0.3) is 0 Å². The Morgan fingerprint density at radius 2 is 2.22 bits per heavy atom. The fraction of sp³-hybridized carbons (Fsp3) is 0.933. The number of nitrogens with one attached hydrogen (secondary N) is 1. The Hall–Kier alpha value is -0.570. The maximum atomic E-state index is 12.3. The van der Waals surface area contributed by atoms with E-state index in [4.69, 9.17) is 4.74 Å². The molecule has 0 aliphatic carbocycles. The number of hydrogen-bond acceptors (Lipinski definition) is 3. The minimum Gasteiger partial charge on any atom is -0.465 e. The molecule has 106 valence electrons. The van der Waals surface area contributed by atoms with Crippen LogP contribution in [-0.4, -0.2) is 25.7 Å². The van der Waals surface area contributed by atoms with E-state index in [1.54, 1.807) is 0 Å². The number of piperidine rings is 1. The van der Waals surface area contributed by atoms with Gasteiger partial charge in [-0.05, 0) is 44.6 Å². The van der Waals surface area contributed by atoms with E-state index in [2.05, 4.69) is 26.1 Å². The van der Waals surface area contributed by atoms with Crippen molar-refractivity contribution in [2.75, 3.05) is 19.7 Å². The zero-order chi connectivity index (χ0) is 13.4. The summed E-state index contributed by atoms with van der Waals surface area (Å²) in [5, 5.41) is 3.35. The third-order valence-corrected chi connectivity index (χ3v) is 3.79. The van der Waals surface area contributed by atoms with Gasteiger partial charge in [0.2, 0.25) is 0 Å². The lowest BCUT2D eigenvalue weighted by Crippen LogP contribution is -2.46. The van der Waals surface area contributed by atoms with Gasteiger partial charge in [0.15, 0.2) is 0 Å². The van der Waals surface area contributed by atoms with Crippen molar-refractivity contribution in [1.29, 1.82) is 0 Å². The minimum absolute atomic E-state index is 0.0281. The van der Waals surface area contributed by atoms with Crippen molar-refractivity contribution in [1.82, 2.24) is 5.32 Å². The molecule has 0 bridgehead atoms. The Morgan fingerprint density at radius 3 is 2.78 bits per heavy atom. The molecule has 1 saturated heterocycles. The molecule has 0 aromatic rings. The maximum Gasteiger partial charge on any atom is 0.313 e. The second kappa shape index (κ2) is 7.78. The summed E-state index contributed by atoms with van der Waals surface area (Å²) in [5.41, 5.74) is -0.245. The third kappa shape index (κ3) is 4.60.